The maximum absolute atomic E-state index is 12.5. The van der Waals surface area contributed by atoms with E-state index < -0.39 is 0 Å². The molecule has 0 aliphatic carbocycles. The first-order valence-corrected chi connectivity index (χ1v) is 11.7. The summed E-state index contributed by atoms with van der Waals surface area (Å²) in [7, 11) is 0. The van der Waals surface area contributed by atoms with Gasteiger partial charge in [0.25, 0.3) is 5.91 Å². The molecular formula is C24H18N6OS2. The third kappa shape index (κ3) is 4.74. The van der Waals surface area contributed by atoms with E-state index in [0.29, 0.717) is 22.2 Å². The molecule has 7 nitrogen and oxygen atoms in total. The molecular weight excluding hydrogens is 452 g/mol. The van der Waals surface area contributed by atoms with Crippen molar-refractivity contribution in [2.45, 2.75) is 0 Å². The monoisotopic (exact) mass is 470 g/mol. The Hall–Kier alpha value is -4.08. The second-order valence-electron chi connectivity index (χ2n) is 7.04. The third-order valence-corrected chi connectivity index (χ3v) is 6.70. The summed E-state index contributed by atoms with van der Waals surface area (Å²) in [6.07, 6.45) is 3.44. The van der Waals surface area contributed by atoms with Crippen LogP contribution in [0.15, 0.2) is 84.5 Å². The van der Waals surface area contributed by atoms with Gasteiger partial charge in [-0.2, -0.15) is 0 Å². The largest absolute Gasteiger partial charge is 0.382 e. The summed E-state index contributed by atoms with van der Waals surface area (Å²) in [5, 5.41) is 9.59. The van der Waals surface area contributed by atoms with Crippen molar-refractivity contribution < 1.29 is 4.79 Å². The molecule has 0 saturated heterocycles. The maximum Gasteiger partial charge on any atom is 0.255 e. The Morgan fingerprint density at radius 2 is 1.79 bits per heavy atom. The van der Waals surface area contributed by atoms with Crippen LogP contribution < -0.4 is 16.4 Å². The predicted molar refractivity (Wildman–Crippen MR) is 135 cm³/mol. The molecule has 5 aromatic rings. The number of amides is 1. The highest BCUT2D eigenvalue weighted by atomic mass is 32.1. The number of rotatable bonds is 6. The molecule has 3 aromatic heterocycles. The Balaban J connectivity index is 1.35. The van der Waals surface area contributed by atoms with Gasteiger partial charge in [0.05, 0.1) is 17.6 Å². The van der Waals surface area contributed by atoms with Gasteiger partial charge in [0.15, 0.2) is 5.13 Å². The number of nitrogen functional groups attached to an aromatic ring is 1. The van der Waals surface area contributed by atoms with Crippen LogP contribution in [-0.4, -0.2) is 20.9 Å². The number of hydrogen-bond acceptors (Lipinski definition) is 8. The molecule has 4 N–H and O–H groups in total. The topological polar surface area (TPSA) is 106 Å². The first-order chi connectivity index (χ1) is 16.2. The van der Waals surface area contributed by atoms with E-state index >= 15 is 0 Å². The molecule has 0 unspecified atom stereocenters. The van der Waals surface area contributed by atoms with E-state index in [1.807, 2.05) is 60.0 Å². The van der Waals surface area contributed by atoms with E-state index in [0.717, 1.165) is 26.8 Å². The van der Waals surface area contributed by atoms with E-state index in [-0.39, 0.29) is 5.91 Å². The molecule has 2 aromatic carbocycles. The van der Waals surface area contributed by atoms with Crippen LogP contribution in [-0.2, 0) is 0 Å². The van der Waals surface area contributed by atoms with Crippen LogP contribution in [0.3, 0.4) is 0 Å². The van der Waals surface area contributed by atoms with E-state index in [1.165, 1.54) is 22.7 Å². The lowest BCUT2D eigenvalue weighted by Gasteiger charge is -2.06. The Kier molecular flexibility index (Phi) is 5.79. The number of nitrogens with zero attached hydrogens (tertiary/aromatic N) is 3. The summed E-state index contributed by atoms with van der Waals surface area (Å²) in [4.78, 5) is 26.6. The molecule has 162 valence electrons. The molecule has 0 radical (unpaired) electrons. The molecule has 0 spiro atoms. The molecule has 5 rings (SSSR count). The van der Waals surface area contributed by atoms with Crippen molar-refractivity contribution in [2.24, 2.45) is 0 Å². The summed E-state index contributed by atoms with van der Waals surface area (Å²) in [6.45, 7) is 0. The summed E-state index contributed by atoms with van der Waals surface area (Å²) in [5.74, 6) is 0.272. The van der Waals surface area contributed by atoms with Crippen molar-refractivity contribution in [2.75, 3.05) is 16.4 Å². The number of aromatic nitrogens is 3. The molecule has 1 amide bonds. The minimum atomic E-state index is -0.155. The fourth-order valence-corrected chi connectivity index (χ4v) is 4.99. The number of thiazole rings is 2. The van der Waals surface area contributed by atoms with Gasteiger partial charge in [0.2, 0.25) is 0 Å². The van der Waals surface area contributed by atoms with E-state index in [1.54, 1.807) is 24.5 Å². The van der Waals surface area contributed by atoms with Gasteiger partial charge in [0.1, 0.15) is 15.7 Å². The zero-order chi connectivity index (χ0) is 22.6. The number of pyridine rings is 1. The smallest absolute Gasteiger partial charge is 0.255 e. The number of carbonyl (C=O) groups excluding carboxylic acids is 1. The van der Waals surface area contributed by atoms with E-state index in [4.69, 9.17) is 10.7 Å². The molecule has 0 saturated carbocycles. The van der Waals surface area contributed by atoms with Crippen LogP contribution in [0.5, 0.6) is 0 Å². The van der Waals surface area contributed by atoms with Gasteiger partial charge in [0, 0.05) is 28.4 Å². The lowest BCUT2D eigenvalue weighted by atomic mass is 10.1. The molecule has 0 aliphatic heterocycles. The second kappa shape index (κ2) is 9.19. The minimum absolute atomic E-state index is 0.155. The van der Waals surface area contributed by atoms with Gasteiger partial charge in [-0.25, -0.2) is 9.97 Å². The average molecular weight is 471 g/mol. The first kappa shape index (κ1) is 20.8. The van der Waals surface area contributed by atoms with Gasteiger partial charge in [-0.05, 0) is 36.4 Å². The Bertz CT molecular complexity index is 1400. The Labute approximate surface area is 198 Å². The van der Waals surface area contributed by atoms with Gasteiger partial charge < -0.3 is 16.4 Å². The molecule has 0 fully saturated rings. The molecule has 0 aliphatic rings. The SMILES string of the molecule is Nc1nc(Nc2cccnc2)sc1-c1nc(-c2cccc(NC(=O)c3ccccc3)c2)cs1. The number of anilines is 4. The van der Waals surface area contributed by atoms with E-state index in [2.05, 4.69) is 20.6 Å². The predicted octanol–water partition coefficient (Wildman–Crippen LogP) is 5.91. The zero-order valence-corrected chi connectivity index (χ0v) is 18.9. The summed E-state index contributed by atoms with van der Waals surface area (Å²) >= 11 is 2.94. The van der Waals surface area contributed by atoms with Gasteiger partial charge in [-0.1, -0.05) is 41.7 Å². The van der Waals surface area contributed by atoms with Gasteiger partial charge in [-0.15, -0.1) is 11.3 Å². The molecule has 9 heteroatoms. The lowest BCUT2D eigenvalue weighted by Crippen LogP contribution is -2.11. The first-order valence-electron chi connectivity index (χ1n) is 10.0. The minimum Gasteiger partial charge on any atom is -0.382 e. The quantitative estimate of drug-likeness (QED) is 0.285. The molecule has 0 atom stereocenters. The van der Waals surface area contributed by atoms with Crippen LogP contribution >= 0.6 is 22.7 Å². The second-order valence-corrected chi connectivity index (χ2v) is 8.90. The Morgan fingerprint density at radius 3 is 2.61 bits per heavy atom. The van der Waals surface area contributed by atoms with Crippen molar-refractivity contribution >= 4 is 50.9 Å². The van der Waals surface area contributed by atoms with Crippen LogP contribution in [0.2, 0.25) is 0 Å². The summed E-state index contributed by atoms with van der Waals surface area (Å²) < 4.78 is 0. The standard InChI is InChI=1S/C24H18N6OS2/c25-21-20(33-24(30-21)28-18-10-5-11-26-13-18)23-29-19(14-32-23)16-8-4-9-17(12-16)27-22(31)15-6-2-1-3-7-15/h1-14H,25H2,(H,27,31)(H,28,30). The average Bonchev–Trinajstić information content (AvgIpc) is 3.47. The molecule has 3 heterocycles. The fourth-order valence-electron chi connectivity index (χ4n) is 3.16. The molecule has 33 heavy (non-hydrogen) atoms. The highest BCUT2D eigenvalue weighted by Gasteiger charge is 2.16. The summed E-state index contributed by atoms with van der Waals surface area (Å²) in [5.41, 5.74) is 10.0. The number of nitrogens with two attached hydrogens (primary N) is 1. The van der Waals surface area contributed by atoms with E-state index in [9.17, 15) is 4.79 Å². The van der Waals surface area contributed by atoms with Crippen LogP contribution in [0.4, 0.5) is 22.3 Å². The lowest BCUT2D eigenvalue weighted by molar-refractivity contribution is 0.102. The molecule has 0 bridgehead atoms. The van der Waals surface area contributed by atoms with Gasteiger partial charge in [-0.3, -0.25) is 9.78 Å². The van der Waals surface area contributed by atoms with Crippen molar-refractivity contribution in [3.05, 3.63) is 90.1 Å². The fraction of sp³-hybridized carbons (Fsp3) is 0. The highest BCUT2D eigenvalue weighted by molar-refractivity contribution is 7.23. The number of benzene rings is 2. The van der Waals surface area contributed by atoms with Crippen LogP contribution in [0.1, 0.15) is 10.4 Å². The highest BCUT2D eigenvalue weighted by Crippen LogP contribution is 2.39. The Morgan fingerprint density at radius 1 is 0.939 bits per heavy atom. The van der Waals surface area contributed by atoms with Crippen molar-refractivity contribution in [1.82, 2.24) is 15.0 Å². The van der Waals surface area contributed by atoms with Gasteiger partial charge >= 0.3 is 0 Å². The number of nitrogens with one attached hydrogen (secondary N) is 2. The number of carbonyl (C=O) groups is 1. The third-order valence-electron chi connectivity index (χ3n) is 4.72. The maximum atomic E-state index is 12.5. The van der Waals surface area contributed by atoms with Crippen LogP contribution in [0.25, 0.3) is 21.1 Å². The van der Waals surface area contributed by atoms with Crippen molar-refractivity contribution in [3.63, 3.8) is 0 Å². The van der Waals surface area contributed by atoms with Crippen molar-refractivity contribution in [3.8, 4) is 21.1 Å². The summed E-state index contributed by atoms with van der Waals surface area (Å²) in [6, 6.07) is 20.5. The number of hydrogen-bond donors (Lipinski definition) is 3. The zero-order valence-electron chi connectivity index (χ0n) is 17.2. The normalized spacial score (nSPS) is 10.7. The van der Waals surface area contributed by atoms with Crippen molar-refractivity contribution in [1.29, 1.82) is 0 Å². The van der Waals surface area contributed by atoms with Crippen LogP contribution in [0, 0.1) is 0 Å².